The average Bonchev–Trinajstić information content (AvgIpc) is 2.48. The SMILES string of the molecule is C/C(=C(\F)C#CCC1CCCCC1)c1ccccc1. The fourth-order valence-electron chi connectivity index (χ4n) is 2.57. The number of allylic oxidation sites excluding steroid dienone is 2. The molecule has 1 aliphatic carbocycles. The largest absolute Gasteiger partial charge is 0.197 e. The van der Waals surface area contributed by atoms with Crippen molar-refractivity contribution in [1.29, 1.82) is 0 Å². The Bertz CT molecular complexity index is 481. The highest BCUT2D eigenvalue weighted by atomic mass is 19.1. The third-order valence-electron chi connectivity index (χ3n) is 3.85. The summed E-state index contributed by atoms with van der Waals surface area (Å²) in [5.41, 5.74) is 1.55. The molecular weight excluding hydrogens is 235 g/mol. The number of hydrogen-bond donors (Lipinski definition) is 0. The van der Waals surface area contributed by atoms with Gasteiger partial charge in [-0.2, -0.15) is 4.39 Å². The van der Waals surface area contributed by atoms with Gasteiger partial charge in [-0.15, -0.1) is 0 Å². The predicted molar refractivity (Wildman–Crippen MR) is 79.1 cm³/mol. The van der Waals surface area contributed by atoms with Crippen molar-refractivity contribution in [3.63, 3.8) is 0 Å². The molecule has 0 heterocycles. The lowest BCUT2D eigenvalue weighted by Crippen LogP contribution is -2.04. The summed E-state index contributed by atoms with van der Waals surface area (Å²) >= 11 is 0. The van der Waals surface area contributed by atoms with Crippen molar-refractivity contribution in [2.24, 2.45) is 5.92 Å². The molecular formula is C18H21F. The van der Waals surface area contributed by atoms with Crippen LogP contribution in [0.3, 0.4) is 0 Å². The highest BCUT2D eigenvalue weighted by Gasteiger charge is 2.11. The van der Waals surface area contributed by atoms with Crippen LogP contribution in [0.25, 0.3) is 5.57 Å². The average molecular weight is 256 g/mol. The van der Waals surface area contributed by atoms with Gasteiger partial charge in [0.05, 0.1) is 0 Å². The zero-order chi connectivity index (χ0) is 13.5. The second-order valence-electron chi connectivity index (χ2n) is 5.31. The number of benzene rings is 1. The monoisotopic (exact) mass is 256 g/mol. The lowest BCUT2D eigenvalue weighted by atomic mass is 9.87. The molecule has 0 bridgehead atoms. The molecule has 1 heteroatoms. The van der Waals surface area contributed by atoms with Gasteiger partial charge in [0.15, 0.2) is 5.83 Å². The van der Waals surface area contributed by atoms with Crippen LogP contribution in [0.15, 0.2) is 36.2 Å². The van der Waals surface area contributed by atoms with E-state index >= 15 is 0 Å². The van der Waals surface area contributed by atoms with Gasteiger partial charge in [0.25, 0.3) is 0 Å². The number of hydrogen-bond acceptors (Lipinski definition) is 0. The second kappa shape index (κ2) is 7.14. The molecule has 19 heavy (non-hydrogen) atoms. The Balaban J connectivity index is 1.98. The van der Waals surface area contributed by atoms with Crippen molar-refractivity contribution in [1.82, 2.24) is 0 Å². The molecule has 1 fully saturated rings. The molecule has 1 aromatic carbocycles. The molecule has 0 saturated heterocycles. The van der Waals surface area contributed by atoms with E-state index in [4.69, 9.17) is 0 Å². The lowest BCUT2D eigenvalue weighted by molar-refractivity contribution is 0.365. The van der Waals surface area contributed by atoms with Crippen molar-refractivity contribution >= 4 is 5.57 Å². The summed E-state index contributed by atoms with van der Waals surface area (Å²) in [7, 11) is 0. The summed E-state index contributed by atoms with van der Waals surface area (Å²) in [5.74, 6) is 6.11. The van der Waals surface area contributed by atoms with Crippen LogP contribution in [0.2, 0.25) is 0 Å². The molecule has 1 saturated carbocycles. The number of halogens is 1. The summed E-state index contributed by atoms with van der Waals surface area (Å²) in [6.07, 6.45) is 7.34. The maximum absolute atomic E-state index is 13.9. The molecule has 100 valence electrons. The first kappa shape index (κ1) is 13.9. The van der Waals surface area contributed by atoms with Gasteiger partial charge in [-0.05, 0) is 37.2 Å². The third kappa shape index (κ3) is 4.24. The first-order chi connectivity index (χ1) is 9.27. The summed E-state index contributed by atoms with van der Waals surface area (Å²) < 4.78 is 13.9. The van der Waals surface area contributed by atoms with E-state index in [1.54, 1.807) is 6.92 Å². The number of rotatable bonds is 2. The first-order valence-corrected chi connectivity index (χ1v) is 7.18. The van der Waals surface area contributed by atoms with Crippen LogP contribution < -0.4 is 0 Å². The van der Waals surface area contributed by atoms with E-state index in [0.29, 0.717) is 11.5 Å². The quantitative estimate of drug-likeness (QED) is 0.625. The molecule has 0 nitrogen and oxygen atoms in total. The van der Waals surface area contributed by atoms with E-state index < -0.39 is 0 Å². The first-order valence-electron chi connectivity index (χ1n) is 7.18. The van der Waals surface area contributed by atoms with Gasteiger partial charge in [0.1, 0.15) is 0 Å². The normalized spacial score (nSPS) is 17.4. The van der Waals surface area contributed by atoms with Crippen molar-refractivity contribution in [3.8, 4) is 11.8 Å². The Hall–Kier alpha value is -1.55. The fraction of sp³-hybridized carbons (Fsp3) is 0.444. The van der Waals surface area contributed by atoms with Crippen molar-refractivity contribution in [2.45, 2.75) is 45.4 Å². The zero-order valence-corrected chi connectivity index (χ0v) is 11.6. The Labute approximate surface area is 115 Å². The fourth-order valence-corrected chi connectivity index (χ4v) is 2.57. The summed E-state index contributed by atoms with van der Waals surface area (Å²) in [6.45, 7) is 1.79. The van der Waals surface area contributed by atoms with Gasteiger partial charge in [-0.25, -0.2) is 0 Å². The van der Waals surface area contributed by atoms with E-state index in [2.05, 4.69) is 11.8 Å². The standard InChI is InChI=1S/C18H21F/c1-15(17-12-6-3-7-13-17)18(19)14-8-11-16-9-4-2-5-10-16/h3,6-7,12-13,16H,2,4-5,9-11H2,1H3/b18-15+. The lowest BCUT2D eigenvalue weighted by Gasteiger charge is -2.18. The van der Waals surface area contributed by atoms with Crippen LogP contribution in [-0.2, 0) is 0 Å². The van der Waals surface area contributed by atoms with Gasteiger partial charge in [-0.1, -0.05) is 55.5 Å². The highest BCUT2D eigenvalue weighted by molar-refractivity contribution is 5.68. The van der Waals surface area contributed by atoms with E-state index in [-0.39, 0.29) is 5.83 Å². The van der Waals surface area contributed by atoms with Gasteiger partial charge < -0.3 is 0 Å². The van der Waals surface area contributed by atoms with Crippen molar-refractivity contribution in [2.75, 3.05) is 0 Å². The van der Waals surface area contributed by atoms with E-state index in [0.717, 1.165) is 12.0 Å². The Morgan fingerprint density at radius 3 is 2.53 bits per heavy atom. The highest BCUT2D eigenvalue weighted by Crippen LogP contribution is 2.26. The van der Waals surface area contributed by atoms with Gasteiger partial charge in [0.2, 0.25) is 0 Å². The van der Waals surface area contributed by atoms with Crippen LogP contribution >= 0.6 is 0 Å². The van der Waals surface area contributed by atoms with Crippen LogP contribution in [-0.4, -0.2) is 0 Å². The van der Waals surface area contributed by atoms with E-state index in [1.165, 1.54) is 32.1 Å². The van der Waals surface area contributed by atoms with Crippen molar-refractivity contribution in [3.05, 3.63) is 41.7 Å². The van der Waals surface area contributed by atoms with Crippen LogP contribution in [0, 0.1) is 17.8 Å². The van der Waals surface area contributed by atoms with Crippen LogP contribution in [0.5, 0.6) is 0 Å². The molecule has 0 aliphatic heterocycles. The molecule has 0 spiro atoms. The molecule has 0 aromatic heterocycles. The maximum Gasteiger partial charge on any atom is 0.176 e. The van der Waals surface area contributed by atoms with Gasteiger partial charge >= 0.3 is 0 Å². The molecule has 0 atom stereocenters. The topological polar surface area (TPSA) is 0 Å². The minimum atomic E-state index is -0.290. The zero-order valence-electron chi connectivity index (χ0n) is 11.6. The third-order valence-corrected chi connectivity index (χ3v) is 3.85. The Kier molecular flexibility index (Phi) is 5.21. The van der Waals surface area contributed by atoms with Crippen molar-refractivity contribution < 1.29 is 4.39 Å². The predicted octanol–water partition coefficient (Wildman–Crippen LogP) is 5.36. The molecule has 0 radical (unpaired) electrons. The maximum atomic E-state index is 13.9. The van der Waals surface area contributed by atoms with E-state index in [1.807, 2.05) is 30.3 Å². The van der Waals surface area contributed by atoms with E-state index in [9.17, 15) is 4.39 Å². The van der Waals surface area contributed by atoms with Gasteiger partial charge in [-0.3, -0.25) is 0 Å². The molecule has 1 aliphatic rings. The van der Waals surface area contributed by atoms with Gasteiger partial charge in [0, 0.05) is 12.0 Å². The van der Waals surface area contributed by atoms with Crippen LogP contribution in [0.1, 0.15) is 51.0 Å². The summed E-state index contributed by atoms with van der Waals surface area (Å²) in [5, 5.41) is 0. The summed E-state index contributed by atoms with van der Waals surface area (Å²) in [4.78, 5) is 0. The molecule has 0 N–H and O–H groups in total. The molecule has 2 rings (SSSR count). The van der Waals surface area contributed by atoms with Crippen LogP contribution in [0.4, 0.5) is 4.39 Å². The minimum absolute atomic E-state index is 0.290. The molecule has 0 amide bonds. The molecule has 0 unspecified atom stereocenters. The second-order valence-corrected chi connectivity index (χ2v) is 5.31. The molecule has 1 aromatic rings. The Morgan fingerprint density at radius 1 is 1.16 bits per heavy atom. The Morgan fingerprint density at radius 2 is 1.84 bits per heavy atom. The minimum Gasteiger partial charge on any atom is -0.197 e. The smallest absolute Gasteiger partial charge is 0.176 e. The summed E-state index contributed by atoms with van der Waals surface area (Å²) in [6, 6.07) is 9.60.